The highest BCUT2D eigenvalue weighted by atomic mass is 35.5. The molecule has 0 bridgehead atoms. The molecule has 0 fully saturated rings. The molecule has 0 aliphatic rings. The van der Waals surface area contributed by atoms with Gasteiger partial charge in [0.15, 0.2) is 0 Å². The lowest BCUT2D eigenvalue weighted by molar-refractivity contribution is -0.137. The minimum absolute atomic E-state index is 0.334. The predicted molar refractivity (Wildman–Crippen MR) is 65.3 cm³/mol. The van der Waals surface area contributed by atoms with Crippen molar-refractivity contribution in [3.8, 4) is 0 Å². The molecule has 0 atom stereocenters. The van der Waals surface area contributed by atoms with Gasteiger partial charge in [0.25, 0.3) is 0 Å². The zero-order valence-electron chi connectivity index (χ0n) is 9.96. The van der Waals surface area contributed by atoms with Crippen LogP contribution in [0.4, 0.5) is 0 Å². The van der Waals surface area contributed by atoms with Crippen LogP contribution in [0.2, 0.25) is 0 Å². The van der Waals surface area contributed by atoms with Crippen LogP contribution >= 0.6 is 11.6 Å². The number of rotatable bonds is 7. The maximum atomic E-state index is 10.6. The summed E-state index contributed by atoms with van der Waals surface area (Å²) >= 11 is 4.64. The fraction of sp³-hybridized carbons (Fsp3) is 0.727. The molecule has 0 saturated carbocycles. The Bertz CT molecular complexity index is 159. The Morgan fingerprint density at radius 3 is 2.33 bits per heavy atom. The molecule has 0 N–H and O–H groups in total. The lowest BCUT2D eigenvalue weighted by atomic mass is 10.4. The summed E-state index contributed by atoms with van der Waals surface area (Å²) in [5.74, 6) is -0.334. The number of hydrogen-bond acceptors (Lipinski definition) is 3. The molecule has 3 nitrogen and oxygen atoms in total. The van der Waals surface area contributed by atoms with Gasteiger partial charge in [-0.2, -0.15) is 0 Å². The molecule has 0 spiro atoms. The van der Waals surface area contributed by atoms with Crippen LogP contribution < -0.4 is 0 Å². The standard InChI is InChI=1S/C10H19NO2.CH3Cl/c1-4-10(12)13-9-7-8-11(5-2)6-3;1-2/h4H,1,5-9H2,2-3H3;1H3. The van der Waals surface area contributed by atoms with Gasteiger partial charge in [-0.05, 0) is 19.5 Å². The second-order valence-corrected chi connectivity index (χ2v) is 2.75. The Morgan fingerprint density at radius 1 is 1.40 bits per heavy atom. The van der Waals surface area contributed by atoms with E-state index in [0.29, 0.717) is 6.61 Å². The fourth-order valence-electron chi connectivity index (χ4n) is 1.06. The Labute approximate surface area is 98.0 Å². The molecule has 0 aromatic carbocycles. The van der Waals surface area contributed by atoms with Gasteiger partial charge in [0.05, 0.1) is 6.61 Å². The highest BCUT2D eigenvalue weighted by molar-refractivity contribution is 6.15. The summed E-state index contributed by atoms with van der Waals surface area (Å²) < 4.78 is 4.85. The molecular weight excluding hydrogens is 214 g/mol. The number of ether oxygens (including phenoxy) is 1. The Hall–Kier alpha value is -0.540. The summed E-state index contributed by atoms with van der Waals surface area (Å²) in [5, 5.41) is 0. The number of hydrogen-bond donors (Lipinski definition) is 0. The molecule has 90 valence electrons. The van der Waals surface area contributed by atoms with Crippen molar-refractivity contribution in [2.75, 3.05) is 32.6 Å². The summed E-state index contributed by atoms with van der Waals surface area (Å²) in [7, 11) is 0. The van der Waals surface area contributed by atoms with E-state index in [-0.39, 0.29) is 5.97 Å². The number of esters is 1. The Balaban J connectivity index is 0. The van der Waals surface area contributed by atoms with E-state index >= 15 is 0 Å². The van der Waals surface area contributed by atoms with Gasteiger partial charge in [-0.3, -0.25) is 0 Å². The van der Waals surface area contributed by atoms with E-state index in [1.165, 1.54) is 12.5 Å². The first-order valence-corrected chi connectivity index (χ1v) is 5.89. The second kappa shape index (κ2) is 13.5. The van der Waals surface area contributed by atoms with Crippen molar-refractivity contribution in [3.63, 3.8) is 0 Å². The summed E-state index contributed by atoms with van der Waals surface area (Å²) in [6.07, 6.45) is 3.55. The lowest BCUT2D eigenvalue weighted by Gasteiger charge is -2.17. The number of carbonyl (C=O) groups excluding carboxylic acids is 1. The van der Waals surface area contributed by atoms with Crippen molar-refractivity contribution in [2.45, 2.75) is 20.3 Å². The number of alkyl halides is 1. The smallest absolute Gasteiger partial charge is 0.330 e. The number of carbonyl (C=O) groups is 1. The molecule has 0 radical (unpaired) electrons. The van der Waals surface area contributed by atoms with E-state index in [1.54, 1.807) is 0 Å². The molecule has 0 aliphatic carbocycles. The van der Waals surface area contributed by atoms with Crippen molar-refractivity contribution in [2.24, 2.45) is 0 Å². The van der Waals surface area contributed by atoms with Crippen LogP contribution in [0.25, 0.3) is 0 Å². The van der Waals surface area contributed by atoms with E-state index in [1.807, 2.05) is 0 Å². The molecule has 15 heavy (non-hydrogen) atoms. The first kappa shape index (κ1) is 16.9. The van der Waals surface area contributed by atoms with Gasteiger partial charge in [0.1, 0.15) is 0 Å². The molecule has 0 saturated heterocycles. The SMILES string of the molecule is C=CC(=O)OCCCN(CC)CC.CCl. The predicted octanol–water partition coefficient (Wildman–Crippen LogP) is 2.30. The fourth-order valence-corrected chi connectivity index (χ4v) is 1.06. The Morgan fingerprint density at radius 2 is 1.93 bits per heavy atom. The van der Waals surface area contributed by atoms with Crippen molar-refractivity contribution in [3.05, 3.63) is 12.7 Å². The third-order valence-electron chi connectivity index (χ3n) is 1.92. The van der Waals surface area contributed by atoms with Crippen LogP contribution in [0.1, 0.15) is 20.3 Å². The van der Waals surface area contributed by atoms with Crippen LogP contribution in [0.15, 0.2) is 12.7 Å². The van der Waals surface area contributed by atoms with E-state index in [2.05, 4.69) is 36.9 Å². The highest BCUT2D eigenvalue weighted by Crippen LogP contribution is 1.91. The van der Waals surface area contributed by atoms with Gasteiger partial charge in [-0.1, -0.05) is 20.4 Å². The summed E-state index contributed by atoms with van der Waals surface area (Å²) in [6.45, 7) is 11.1. The minimum atomic E-state index is -0.334. The second-order valence-electron chi connectivity index (χ2n) is 2.75. The first-order chi connectivity index (χ1) is 7.24. The van der Waals surface area contributed by atoms with E-state index in [4.69, 9.17) is 4.74 Å². The lowest BCUT2D eigenvalue weighted by Crippen LogP contribution is -2.25. The summed E-state index contributed by atoms with van der Waals surface area (Å²) in [4.78, 5) is 12.9. The van der Waals surface area contributed by atoms with Crippen molar-refractivity contribution in [1.82, 2.24) is 4.90 Å². The zero-order chi connectivity index (χ0) is 12.1. The van der Waals surface area contributed by atoms with Crippen LogP contribution in [-0.4, -0.2) is 43.5 Å². The van der Waals surface area contributed by atoms with Gasteiger partial charge >= 0.3 is 5.97 Å². The quantitative estimate of drug-likeness (QED) is 0.294. The van der Waals surface area contributed by atoms with Gasteiger partial charge in [-0.15, -0.1) is 11.6 Å². The topological polar surface area (TPSA) is 29.5 Å². The summed E-state index contributed by atoms with van der Waals surface area (Å²) in [6, 6.07) is 0. The van der Waals surface area contributed by atoms with Crippen LogP contribution in [0, 0.1) is 0 Å². The number of nitrogens with zero attached hydrogens (tertiary/aromatic N) is 1. The third-order valence-corrected chi connectivity index (χ3v) is 1.92. The van der Waals surface area contributed by atoms with Crippen molar-refractivity contribution >= 4 is 17.6 Å². The molecule has 0 heterocycles. The molecule has 4 heteroatoms. The van der Waals surface area contributed by atoms with Crippen LogP contribution in [-0.2, 0) is 9.53 Å². The Kier molecular flexibility index (Phi) is 15.1. The van der Waals surface area contributed by atoms with Gasteiger partial charge in [-0.25, -0.2) is 4.79 Å². The largest absolute Gasteiger partial charge is 0.462 e. The summed E-state index contributed by atoms with van der Waals surface area (Å²) in [5.41, 5.74) is 0. The van der Waals surface area contributed by atoms with Crippen molar-refractivity contribution < 1.29 is 9.53 Å². The van der Waals surface area contributed by atoms with E-state index in [9.17, 15) is 4.79 Å². The van der Waals surface area contributed by atoms with E-state index in [0.717, 1.165) is 26.1 Å². The molecule has 0 aliphatic heterocycles. The van der Waals surface area contributed by atoms with Crippen LogP contribution in [0.3, 0.4) is 0 Å². The zero-order valence-corrected chi connectivity index (χ0v) is 10.7. The average Bonchev–Trinajstić information content (AvgIpc) is 2.31. The minimum Gasteiger partial charge on any atom is -0.462 e. The molecular formula is C11H22ClNO2. The molecule has 0 rings (SSSR count). The maximum absolute atomic E-state index is 10.6. The van der Waals surface area contributed by atoms with Gasteiger partial charge < -0.3 is 9.64 Å². The highest BCUT2D eigenvalue weighted by Gasteiger charge is 1.99. The van der Waals surface area contributed by atoms with Crippen molar-refractivity contribution in [1.29, 1.82) is 0 Å². The van der Waals surface area contributed by atoms with Gasteiger partial charge in [0.2, 0.25) is 0 Å². The monoisotopic (exact) mass is 235 g/mol. The maximum Gasteiger partial charge on any atom is 0.330 e. The molecule has 0 aromatic heterocycles. The van der Waals surface area contributed by atoms with Crippen LogP contribution in [0.5, 0.6) is 0 Å². The average molecular weight is 236 g/mol. The van der Waals surface area contributed by atoms with E-state index < -0.39 is 0 Å². The van der Waals surface area contributed by atoms with Gasteiger partial charge in [0, 0.05) is 19.0 Å². The molecule has 0 aromatic rings. The molecule has 0 unspecified atom stereocenters. The first-order valence-electron chi connectivity index (χ1n) is 5.13. The third kappa shape index (κ3) is 11.4. The normalized spacial score (nSPS) is 9.13. The molecule has 0 amide bonds. The number of halogens is 1.